The number of aliphatic hydroxyl groups is 1. The van der Waals surface area contributed by atoms with E-state index in [0.717, 1.165) is 13.2 Å². The summed E-state index contributed by atoms with van der Waals surface area (Å²) < 4.78 is 9.43. The molecule has 1 N–H and O–H groups in total. The molecule has 0 spiro atoms. The van der Waals surface area contributed by atoms with Gasteiger partial charge >= 0.3 is 0 Å². The van der Waals surface area contributed by atoms with Crippen molar-refractivity contribution in [3.8, 4) is 0 Å². The molecule has 70 valence electrons. The molecule has 0 heterocycles. The van der Waals surface area contributed by atoms with Crippen molar-refractivity contribution in [1.82, 2.24) is 0 Å². The Hall–Kier alpha value is -0.120. The van der Waals surface area contributed by atoms with E-state index in [1.807, 2.05) is 20.8 Å². The zero-order valence-corrected chi connectivity index (χ0v) is 7.96. The zero-order valence-electron chi connectivity index (χ0n) is 7.96. The summed E-state index contributed by atoms with van der Waals surface area (Å²) in [5.74, 6) is 0. The van der Waals surface area contributed by atoms with Crippen LogP contribution < -0.4 is 0 Å². The first-order valence-electron chi connectivity index (χ1n) is 4.06. The summed E-state index contributed by atoms with van der Waals surface area (Å²) >= 11 is 0. The Labute approximate surface area is 69.3 Å². The van der Waals surface area contributed by atoms with Crippen molar-refractivity contribution in [3.05, 3.63) is 0 Å². The van der Waals surface area contributed by atoms with Gasteiger partial charge in [0.1, 0.15) is 0 Å². The first-order valence-corrected chi connectivity index (χ1v) is 4.06. The zero-order chi connectivity index (χ0) is 9.11. The molecule has 1 atom stereocenters. The van der Waals surface area contributed by atoms with Gasteiger partial charge in [0.15, 0.2) is 6.29 Å². The minimum atomic E-state index is -0.602. The molecule has 0 bridgehead atoms. The average molecular weight is 164 g/mol. The molecule has 0 aliphatic rings. The second kappa shape index (κ2) is 12.5. The summed E-state index contributed by atoms with van der Waals surface area (Å²) in [5, 5.41) is 8.33. The molecule has 3 heteroatoms. The number of rotatable bonds is 4. The normalized spacial score (nSPS) is 11.7. The molecule has 0 aliphatic heterocycles. The lowest BCUT2D eigenvalue weighted by Gasteiger charge is -1.99. The Bertz CT molecular complexity index is 53.3. The molecule has 0 aromatic carbocycles. The van der Waals surface area contributed by atoms with E-state index < -0.39 is 6.29 Å². The van der Waals surface area contributed by atoms with Crippen LogP contribution in [-0.2, 0) is 9.47 Å². The van der Waals surface area contributed by atoms with Crippen molar-refractivity contribution in [2.75, 3.05) is 19.8 Å². The topological polar surface area (TPSA) is 38.7 Å². The standard InChI is InChI=1S/C4H10O2.C4H10O/c1-3-6-4(2)5;1-3-5-4-2/h4-5H,3H2,1-2H3;3-4H2,1-2H3. The second-order valence-corrected chi connectivity index (χ2v) is 1.84. The first kappa shape index (κ1) is 13.5. The molecule has 0 aromatic rings. The van der Waals surface area contributed by atoms with Gasteiger partial charge in [-0.3, -0.25) is 0 Å². The lowest BCUT2D eigenvalue weighted by molar-refractivity contribution is -0.0800. The Kier molecular flexibility index (Phi) is 15.4. The van der Waals surface area contributed by atoms with Crippen molar-refractivity contribution >= 4 is 0 Å². The summed E-state index contributed by atoms with van der Waals surface area (Å²) in [6.45, 7) is 9.67. The van der Waals surface area contributed by atoms with Crippen molar-refractivity contribution in [2.24, 2.45) is 0 Å². The summed E-state index contributed by atoms with van der Waals surface area (Å²) in [4.78, 5) is 0. The van der Waals surface area contributed by atoms with Gasteiger partial charge in [0, 0.05) is 19.8 Å². The Morgan fingerprint density at radius 3 is 1.55 bits per heavy atom. The van der Waals surface area contributed by atoms with E-state index in [0.29, 0.717) is 6.61 Å². The molecule has 0 fully saturated rings. The maximum Gasteiger partial charge on any atom is 0.151 e. The maximum atomic E-state index is 8.33. The van der Waals surface area contributed by atoms with Gasteiger partial charge in [-0.2, -0.15) is 0 Å². The van der Waals surface area contributed by atoms with Crippen molar-refractivity contribution in [3.63, 3.8) is 0 Å². The molecule has 0 radical (unpaired) electrons. The monoisotopic (exact) mass is 164 g/mol. The van der Waals surface area contributed by atoms with E-state index in [1.54, 1.807) is 6.92 Å². The lowest BCUT2D eigenvalue weighted by Crippen LogP contribution is -2.04. The number of hydrogen-bond donors (Lipinski definition) is 1. The van der Waals surface area contributed by atoms with Crippen LogP contribution in [0.3, 0.4) is 0 Å². The lowest BCUT2D eigenvalue weighted by atomic mass is 10.7. The van der Waals surface area contributed by atoms with Gasteiger partial charge in [0.05, 0.1) is 0 Å². The SMILES string of the molecule is CCOC(C)O.CCOCC. The highest BCUT2D eigenvalue weighted by Gasteiger charge is 1.85. The van der Waals surface area contributed by atoms with Crippen LogP contribution in [0.25, 0.3) is 0 Å². The maximum absolute atomic E-state index is 8.33. The molecule has 1 unspecified atom stereocenters. The van der Waals surface area contributed by atoms with Gasteiger partial charge in [-0.05, 0) is 27.7 Å². The second-order valence-electron chi connectivity index (χ2n) is 1.84. The smallest absolute Gasteiger partial charge is 0.151 e. The third-order valence-corrected chi connectivity index (χ3v) is 0.816. The van der Waals surface area contributed by atoms with E-state index in [9.17, 15) is 0 Å². The number of ether oxygens (including phenoxy) is 2. The predicted octanol–water partition coefficient (Wildman–Crippen LogP) is 1.40. The van der Waals surface area contributed by atoms with Crippen LogP contribution in [0.1, 0.15) is 27.7 Å². The Morgan fingerprint density at radius 1 is 1.09 bits per heavy atom. The van der Waals surface area contributed by atoms with Gasteiger partial charge < -0.3 is 14.6 Å². The van der Waals surface area contributed by atoms with E-state index in [1.165, 1.54) is 0 Å². The van der Waals surface area contributed by atoms with Crippen molar-refractivity contribution in [2.45, 2.75) is 34.0 Å². The Balaban J connectivity index is 0. The molecule has 0 saturated carbocycles. The van der Waals surface area contributed by atoms with E-state index in [2.05, 4.69) is 4.74 Å². The van der Waals surface area contributed by atoms with E-state index in [4.69, 9.17) is 9.84 Å². The van der Waals surface area contributed by atoms with Crippen molar-refractivity contribution in [1.29, 1.82) is 0 Å². The Morgan fingerprint density at radius 2 is 1.55 bits per heavy atom. The highest BCUT2D eigenvalue weighted by Crippen LogP contribution is 1.78. The molecule has 0 amide bonds. The molecular formula is C8H20O3. The fourth-order valence-electron chi connectivity index (χ4n) is 0.445. The molecule has 0 aromatic heterocycles. The molecule has 0 rings (SSSR count). The van der Waals surface area contributed by atoms with Crippen LogP contribution in [0.5, 0.6) is 0 Å². The van der Waals surface area contributed by atoms with E-state index in [-0.39, 0.29) is 0 Å². The minimum absolute atomic E-state index is 0.581. The van der Waals surface area contributed by atoms with Crippen LogP contribution in [-0.4, -0.2) is 31.2 Å². The van der Waals surface area contributed by atoms with Crippen molar-refractivity contribution < 1.29 is 14.6 Å². The largest absolute Gasteiger partial charge is 0.382 e. The third kappa shape index (κ3) is 25.8. The third-order valence-electron chi connectivity index (χ3n) is 0.816. The fraction of sp³-hybridized carbons (Fsp3) is 1.00. The molecule has 3 nitrogen and oxygen atoms in total. The minimum Gasteiger partial charge on any atom is -0.382 e. The molecule has 11 heavy (non-hydrogen) atoms. The highest BCUT2D eigenvalue weighted by molar-refractivity contribution is 4.17. The number of hydrogen-bond acceptors (Lipinski definition) is 3. The molecule has 0 saturated heterocycles. The van der Waals surface area contributed by atoms with Gasteiger partial charge in [-0.1, -0.05) is 0 Å². The highest BCUT2D eigenvalue weighted by atomic mass is 16.6. The van der Waals surface area contributed by atoms with Gasteiger partial charge in [0.25, 0.3) is 0 Å². The van der Waals surface area contributed by atoms with Crippen LogP contribution in [0, 0.1) is 0 Å². The summed E-state index contributed by atoms with van der Waals surface area (Å²) in [6, 6.07) is 0. The van der Waals surface area contributed by atoms with Crippen LogP contribution in [0.2, 0.25) is 0 Å². The summed E-state index contributed by atoms with van der Waals surface area (Å²) in [5.41, 5.74) is 0. The van der Waals surface area contributed by atoms with Crippen LogP contribution in [0.4, 0.5) is 0 Å². The van der Waals surface area contributed by atoms with Crippen LogP contribution in [0.15, 0.2) is 0 Å². The average Bonchev–Trinajstić information content (AvgIpc) is 1.90. The van der Waals surface area contributed by atoms with E-state index >= 15 is 0 Å². The van der Waals surface area contributed by atoms with Gasteiger partial charge in [-0.15, -0.1) is 0 Å². The fourth-order valence-corrected chi connectivity index (χ4v) is 0.445. The number of aliphatic hydroxyl groups excluding tert-OH is 1. The van der Waals surface area contributed by atoms with Crippen LogP contribution >= 0.6 is 0 Å². The molecular weight excluding hydrogens is 144 g/mol. The van der Waals surface area contributed by atoms with Gasteiger partial charge in [0.2, 0.25) is 0 Å². The van der Waals surface area contributed by atoms with Gasteiger partial charge in [-0.25, -0.2) is 0 Å². The predicted molar refractivity (Wildman–Crippen MR) is 45.5 cm³/mol. The quantitative estimate of drug-likeness (QED) is 0.638. The summed E-state index contributed by atoms with van der Waals surface area (Å²) in [7, 11) is 0. The first-order chi connectivity index (χ1) is 5.18. The summed E-state index contributed by atoms with van der Waals surface area (Å²) in [6.07, 6.45) is -0.602. The molecule has 0 aliphatic carbocycles.